The largest absolute Gasteiger partial charge is 0.354 e. The number of nitrogens with one attached hydrogen (secondary N) is 1. The third-order valence-corrected chi connectivity index (χ3v) is 7.57. The number of carbonyl (C=O) groups is 2. The molecule has 1 N–H and O–H groups in total. The maximum absolute atomic E-state index is 12.9. The summed E-state index contributed by atoms with van der Waals surface area (Å²) in [6, 6.07) is 9.44. The predicted molar refractivity (Wildman–Crippen MR) is 121 cm³/mol. The first-order chi connectivity index (χ1) is 14.8. The van der Waals surface area contributed by atoms with Gasteiger partial charge >= 0.3 is 0 Å². The molecule has 0 spiro atoms. The standard InChI is InChI=1S/C23H33N3O4S/c1-18(2)24-22(27)20-8-13-25(14-9-20)23(28)21-10-15-26(16-11-21)31(29,30)17-12-19-6-4-3-5-7-19/h3-7,12,17-18,20-21H,8-11,13-16H2,1-2H3,(H,24,27)/b17-12+. The smallest absolute Gasteiger partial charge is 0.236 e. The molecule has 0 atom stereocenters. The lowest BCUT2D eigenvalue weighted by molar-refractivity contribution is -0.140. The van der Waals surface area contributed by atoms with E-state index in [-0.39, 0.29) is 29.7 Å². The topological polar surface area (TPSA) is 86.8 Å². The molecule has 0 saturated carbocycles. The number of hydrogen-bond donors (Lipinski definition) is 1. The van der Waals surface area contributed by atoms with E-state index >= 15 is 0 Å². The second-order valence-electron chi connectivity index (χ2n) is 8.69. The van der Waals surface area contributed by atoms with Crippen LogP contribution >= 0.6 is 0 Å². The fourth-order valence-corrected chi connectivity index (χ4v) is 5.42. The average molecular weight is 448 g/mol. The van der Waals surface area contributed by atoms with Gasteiger partial charge in [-0.1, -0.05) is 30.3 Å². The molecule has 31 heavy (non-hydrogen) atoms. The fourth-order valence-electron chi connectivity index (χ4n) is 4.19. The monoisotopic (exact) mass is 447 g/mol. The minimum absolute atomic E-state index is 0.0326. The van der Waals surface area contributed by atoms with Crippen molar-refractivity contribution in [2.75, 3.05) is 26.2 Å². The summed E-state index contributed by atoms with van der Waals surface area (Å²) >= 11 is 0. The number of sulfonamides is 1. The van der Waals surface area contributed by atoms with Gasteiger partial charge in [0.2, 0.25) is 21.8 Å². The van der Waals surface area contributed by atoms with Crippen molar-refractivity contribution in [3.63, 3.8) is 0 Å². The van der Waals surface area contributed by atoms with Crippen LogP contribution in [0.15, 0.2) is 35.7 Å². The third-order valence-electron chi connectivity index (χ3n) is 6.00. The molecule has 2 fully saturated rings. The summed E-state index contributed by atoms with van der Waals surface area (Å²) in [5.74, 6) is -0.01000. The molecule has 2 saturated heterocycles. The van der Waals surface area contributed by atoms with Crippen LogP contribution in [0, 0.1) is 11.8 Å². The van der Waals surface area contributed by atoms with E-state index in [1.54, 1.807) is 6.08 Å². The number of nitrogens with zero attached hydrogens (tertiary/aromatic N) is 2. The molecule has 3 rings (SSSR count). The Morgan fingerprint density at radius 2 is 1.55 bits per heavy atom. The Morgan fingerprint density at radius 3 is 2.13 bits per heavy atom. The number of hydrogen-bond acceptors (Lipinski definition) is 4. The normalized spacial score (nSPS) is 19.8. The van der Waals surface area contributed by atoms with E-state index in [2.05, 4.69) is 5.32 Å². The van der Waals surface area contributed by atoms with E-state index in [0.29, 0.717) is 51.9 Å². The van der Waals surface area contributed by atoms with Gasteiger partial charge in [0.1, 0.15) is 0 Å². The lowest BCUT2D eigenvalue weighted by Gasteiger charge is -2.36. The average Bonchev–Trinajstić information content (AvgIpc) is 2.78. The Balaban J connectivity index is 1.48. The number of rotatable bonds is 6. The Labute approximate surface area is 185 Å². The van der Waals surface area contributed by atoms with Gasteiger partial charge in [-0.3, -0.25) is 9.59 Å². The number of carbonyl (C=O) groups excluding carboxylic acids is 2. The number of benzene rings is 1. The summed E-state index contributed by atoms with van der Waals surface area (Å²) in [5.41, 5.74) is 0.835. The van der Waals surface area contributed by atoms with E-state index in [0.717, 1.165) is 5.56 Å². The zero-order chi connectivity index (χ0) is 22.4. The Kier molecular flexibility index (Phi) is 7.89. The van der Waals surface area contributed by atoms with Gasteiger partial charge in [0.15, 0.2) is 0 Å². The SMILES string of the molecule is CC(C)NC(=O)C1CCN(C(=O)C2CCN(S(=O)(=O)/C=C/c3ccccc3)CC2)CC1. The predicted octanol–water partition coefficient (Wildman–Crippen LogP) is 2.46. The lowest BCUT2D eigenvalue weighted by Crippen LogP contribution is -2.48. The van der Waals surface area contributed by atoms with Crippen molar-refractivity contribution in [2.45, 2.75) is 45.6 Å². The van der Waals surface area contributed by atoms with Crippen LogP contribution in [0.5, 0.6) is 0 Å². The third kappa shape index (κ3) is 6.40. The second kappa shape index (κ2) is 10.4. The highest BCUT2D eigenvalue weighted by atomic mass is 32.2. The van der Waals surface area contributed by atoms with Gasteiger partial charge in [0.25, 0.3) is 0 Å². The first-order valence-electron chi connectivity index (χ1n) is 11.1. The van der Waals surface area contributed by atoms with Gasteiger partial charge in [0.05, 0.1) is 0 Å². The van der Waals surface area contributed by atoms with Gasteiger partial charge < -0.3 is 10.2 Å². The van der Waals surface area contributed by atoms with E-state index in [1.165, 1.54) is 9.71 Å². The molecule has 0 radical (unpaired) electrons. The highest BCUT2D eigenvalue weighted by Gasteiger charge is 2.34. The molecule has 170 valence electrons. The van der Waals surface area contributed by atoms with E-state index in [4.69, 9.17) is 0 Å². The van der Waals surface area contributed by atoms with Crippen LogP contribution in [0.3, 0.4) is 0 Å². The maximum atomic E-state index is 12.9. The van der Waals surface area contributed by atoms with E-state index < -0.39 is 10.0 Å². The zero-order valence-electron chi connectivity index (χ0n) is 18.4. The summed E-state index contributed by atoms with van der Waals surface area (Å²) in [6.45, 7) is 5.78. The van der Waals surface area contributed by atoms with Crippen molar-refractivity contribution in [3.05, 3.63) is 41.3 Å². The number of amides is 2. The summed E-state index contributed by atoms with van der Waals surface area (Å²) in [4.78, 5) is 26.9. The van der Waals surface area contributed by atoms with Gasteiger partial charge in [0, 0.05) is 49.5 Å². The van der Waals surface area contributed by atoms with Crippen LogP contribution < -0.4 is 5.32 Å². The quantitative estimate of drug-likeness (QED) is 0.726. The Bertz CT molecular complexity index is 883. The van der Waals surface area contributed by atoms with Gasteiger partial charge in [-0.2, -0.15) is 4.31 Å². The molecular formula is C23H33N3O4S. The van der Waals surface area contributed by atoms with Crippen molar-refractivity contribution in [2.24, 2.45) is 11.8 Å². The first kappa shape index (κ1) is 23.5. The summed E-state index contributed by atoms with van der Waals surface area (Å²) in [7, 11) is -3.50. The lowest BCUT2D eigenvalue weighted by atomic mass is 9.92. The second-order valence-corrected chi connectivity index (χ2v) is 10.5. The van der Waals surface area contributed by atoms with Crippen LogP contribution in [-0.4, -0.2) is 61.7 Å². The molecule has 8 heteroatoms. The summed E-state index contributed by atoms with van der Waals surface area (Å²) in [5, 5.41) is 4.20. The zero-order valence-corrected chi connectivity index (χ0v) is 19.2. The molecule has 0 aromatic heterocycles. The molecule has 7 nitrogen and oxygen atoms in total. The fraction of sp³-hybridized carbons (Fsp3) is 0.565. The molecule has 0 bridgehead atoms. The molecule has 2 aliphatic rings. The molecule has 2 heterocycles. The van der Waals surface area contributed by atoms with Crippen LogP contribution in [0.4, 0.5) is 0 Å². The number of piperidine rings is 2. The van der Waals surface area contributed by atoms with Crippen LogP contribution in [0.1, 0.15) is 45.1 Å². The van der Waals surface area contributed by atoms with Crippen molar-refractivity contribution in [1.82, 2.24) is 14.5 Å². The van der Waals surface area contributed by atoms with Crippen molar-refractivity contribution < 1.29 is 18.0 Å². The Hall–Kier alpha value is -2.19. The van der Waals surface area contributed by atoms with Crippen LogP contribution in [0.25, 0.3) is 6.08 Å². The molecule has 2 aliphatic heterocycles. The molecule has 1 aromatic carbocycles. The summed E-state index contributed by atoms with van der Waals surface area (Å²) < 4.78 is 26.7. The van der Waals surface area contributed by atoms with E-state index in [1.807, 2.05) is 49.1 Å². The van der Waals surface area contributed by atoms with Crippen molar-refractivity contribution >= 4 is 27.9 Å². The van der Waals surface area contributed by atoms with E-state index in [9.17, 15) is 18.0 Å². The highest BCUT2D eigenvalue weighted by molar-refractivity contribution is 7.92. The van der Waals surface area contributed by atoms with Crippen LogP contribution in [0.2, 0.25) is 0 Å². The molecule has 2 amide bonds. The van der Waals surface area contributed by atoms with Gasteiger partial charge in [-0.15, -0.1) is 0 Å². The minimum Gasteiger partial charge on any atom is -0.354 e. The minimum atomic E-state index is -3.50. The molecule has 0 unspecified atom stereocenters. The highest BCUT2D eigenvalue weighted by Crippen LogP contribution is 2.25. The van der Waals surface area contributed by atoms with Gasteiger partial charge in [-0.25, -0.2) is 8.42 Å². The first-order valence-corrected chi connectivity index (χ1v) is 12.6. The van der Waals surface area contributed by atoms with Crippen molar-refractivity contribution in [1.29, 1.82) is 0 Å². The molecule has 0 aliphatic carbocycles. The number of likely N-dealkylation sites (tertiary alicyclic amines) is 1. The van der Waals surface area contributed by atoms with Gasteiger partial charge in [-0.05, 0) is 51.2 Å². The molecule has 1 aromatic rings. The Morgan fingerprint density at radius 1 is 0.968 bits per heavy atom. The van der Waals surface area contributed by atoms with Crippen LogP contribution in [-0.2, 0) is 19.6 Å². The summed E-state index contributed by atoms with van der Waals surface area (Å²) in [6.07, 6.45) is 4.03. The molecular weight excluding hydrogens is 414 g/mol. The van der Waals surface area contributed by atoms with Crippen molar-refractivity contribution in [3.8, 4) is 0 Å². The maximum Gasteiger partial charge on any atom is 0.236 e.